The summed E-state index contributed by atoms with van der Waals surface area (Å²) in [6.45, 7) is 6.57. The summed E-state index contributed by atoms with van der Waals surface area (Å²) in [5, 5.41) is 43.2. The number of aliphatic carboxylic acids is 3. The molecule has 23 heteroatoms. The monoisotopic (exact) mass is 787 g/mol. The fourth-order valence-electron chi connectivity index (χ4n) is 4.76. The van der Waals surface area contributed by atoms with Crippen LogP contribution in [0.25, 0.3) is 0 Å². The van der Waals surface area contributed by atoms with Crippen LogP contribution in [0, 0.1) is 11.8 Å². The van der Waals surface area contributed by atoms with Crippen LogP contribution in [0.15, 0.2) is 0 Å². The molecular formula is C32H53N9O14. The summed E-state index contributed by atoms with van der Waals surface area (Å²) in [5.41, 5.74) is 10.5. The van der Waals surface area contributed by atoms with Crippen molar-refractivity contribution >= 4 is 65.2 Å². The predicted molar refractivity (Wildman–Crippen MR) is 189 cm³/mol. The minimum absolute atomic E-state index is 0.0285. The Morgan fingerprint density at radius 2 is 0.909 bits per heavy atom. The highest BCUT2D eigenvalue weighted by atomic mass is 16.4. The topological polar surface area (TPSA) is 385 Å². The van der Waals surface area contributed by atoms with E-state index in [0.717, 1.165) is 0 Å². The van der Waals surface area contributed by atoms with Crippen LogP contribution >= 0.6 is 0 Å². The summed E-state index contributed by atoms with van der Waals surface area (Å²) in [7, 11) is 0. The number of amides is 8. The van der Waals surface area contributed by atoms with Gasteiger partial charge in [-0.3, -0.25) is 52.7 Å². The molecule has 6 atom stereocenters. The highest BCUT2D eigenvalue weighted by Crippen LogP contribution is 2.10. The molecule has 0 fully saturated rings. The highest BCUT2D eigenvalue weighted by molar-refractivity contribution is 5.98. The summed E-state index contributed by atoms with van der Waals surface area (Å²) in [6, 6.07) is -9.10. The number of hydrogen-bond acceptors (Lipinski definition) is 12. The van der Waals surface area contributed by atoms with E-state index in [2.05, 4.69) is 31.9 Å². The van der Waals surface area contributed by atoms with Crippen LogP contribution in [0.4, 0.5) is 0 Å². The van der Waals surface area contributed by atoms with E-state index < -0.39 is 127 Å². The smallest absolute Gasteiger partial charge is 0.322 e. The number of carbonyl (C=O) groups excluding carboxylic acids is 8. The Morgan fingerprint density at radius 1 is 0.509 bits per heavy atom. The van der Waals surface area contributed by atoms with Crippen molar-refractivity contribution in [2.75, 3.05) is 13.1 Å². The van der Waals surface area contributed by atoms with E-state index >= 15 is 0 Å². The lowest BCUT2D eigenvalue weighted by Gasteiger charge is -2.27. The molecule has 55 heavy (non-hydrogen) atoms. The SMILES string of the molecule is CC(C)C[C@H](NC(=O)[C@H](CC(=O)O)NC(=O)[C@H](CC(C)C)NC(=O)[C@H](CCC(N)=O)NC(=O)CN)C(=O)N[C@@H](C)C(=O)N[C@@H](CC(=O)O)C(=O)NCC(=O)O. The van der Waals surface area contributed by atoms with Gasteiger partial charge < -0.3 is 64.0 Å². The fourth-order valence-corrected chi connectivity index (χ4v) is 4.76. The second kappa shape index (κ2) is 24.4. The zero-order valence-electron chi connectivity index (χ0n) is 31.3. The molecule has 0 aromatic carbocycles. The van der Waals surface area contributed by atoms with Gasteiger partial charge in [0.2, 0.25) is 47.3 Å². The lowest BCUT2D eigenvalue weighted by molar-refractivity contribution is -0.142. The van der Waals surface area contributed by atoms with Gasteiger partial charge in [0.15, 0.2) is 0 Å². The Bertz CT molecular complexity index is 1440. The zero-order valence-corrected chi connectivity index (χ0v) is 31.3. The summed E-state index contributed by atoms with van der Waals surface area (Å²) in [4.78, 5) is 136. The molecule has 0 spiro atoms. The Balaban J connectivity index is 6.12. The second-order valence-corrected chi connectivity index (χ2v) is 13.4. The van der Waals surface area contributed by atoms with Gasteiger partial charge in [0.25, 0.3) is 0 Å². The van der Waals surface area contributed by atoms with E-state index in [4.69, 9.17) is 21.7 Å². The van der Waals surface area contributed by atoms with E-state index in [-0.39, 0.29) is 37.5 Å². The van der Waals surface area contributed by atoms with Crippen LogP contribution in [-0.4, -0.2) is 130 Å². The van der Waals surface area contributed by atoms with Crippen LogP contribution < -0.4 is 48.7 Å². The number of carboxylic acids is 3. The first-order chi connectivity index (χ1) is 25.5. The van der Waals surface area contributed by atoms with Crippen molar-refractivity contribution in [1.82, 2.24) is 37.2 Å². The summed E-state index contributed by atoms with van der Waals surface area (Å²) < 4.78 is 0. The quantitative estimate of drug-likeness (QED) is 0.0392. The number of nitrogens with two attached hydrogens (primary N) is 2. The average Bonchev–Trinajstić information content (AvgIpc) is 3.06. The molecule has 0 aliphatic rings. The zero-order chi connectivity index (χ0) is 42.6. The molecule has 0 aliphatic heterocycles. The van der Waals surface area contributed by atoms with Gasteiger partial charge in [0, 0.05) is 6.42 Å². The molecule has 8 amide bonds. The van der Waals surface area contributed by atoms with Crippen LogP contribution in [0.5, 0.6) is 0 Å². The molecule has 0 rings (SSSR count). The minimum atomic E-state index is -1.80. The van der Waals surface area contributed by atoms with Crippen LogP contribution in [0.1, 0.15) is 73.1 Å². The van der Waals surface area contributed by atoms with Gasteiger partial charge in [-0.15, -0.1) is 0 Å². The van der Waals surface area contributed by atoms with Crippen LogP contribution in [0.3, 0.4) is 0 Å². The second-order valence-electron chi connectivity index (χ2n) is 13.4. The summed E-state index contributed by atoms with van der Waals surface area (Å²) in [6.07, 6.45) is -2.54. The first-order valence-electron chi connectivity index (χ1n) is 17.2. The van der Waals surface area contributed by atoms with Crippen molar-refractivity contribution in [2.45, 2.75) is 109 Å². The summed E-state index contributed by atoms with van der Waals surface area (Å²) in [5.74, 6) is -12.7. The highest BCUT2D eigenvalue weighted by Gasteiger charge is 2.34. The molecule has 0 aromatic heterocycles. The van der Waals surface area contributed by atoms with Gasteiger partial charge >= 0.3 is 17.9 Å². The third-order valence-electron chi connectivity index (χ3n) is 7.39. The van der Waals surface area contributed by atoms with Crippen molar-refractivity contribution in [3.8, 4) is 0 Å². The van der Waals surface area contributed by atoms with E-state index in [0.29, 0.717) is 0 Å². The number of carbonyl (C=O) groups is 11. The third-order valence-corrected chi connectivity index (χ3v) is 7.39. The lowest BCUT2D eigenvalue weighted by atomic mass is 10.0. The van der Waals surface area contributed by atoms with E-state index in [9.17, 15) is 57.8 Å². The van der Waals surface area contributed by atoms with Gasteiger partial charge in [-0.1, -0.05) is 27.7 Å². The van der Waals surface area contributed by atoms with Crippen molar-refractivity contribution in [3.63, 3.8) is 0 Å². The first-order valence-corrected chi connectivity index (χ1v) is 17.2. The van der Waals surface area contributed by atoms with Gasteiger partial charge in [-0.2, -0.15) is 0 Å². The van der Waals surface area contributed by atoms with Crippen molar-refractivity contribution < 1.29 is 68.1 Å². The Hall–Kier alpha value is -5.87. The maximum atomic E-state index is 13.5. The van der Waals surface area contributed by atoms with Gasteiger partial charge in [0.1, 0.15) is 42.8 Å². The van der Waals surface area contributed by atoms with E-state index in [1.54, 1.807) is 27.7 Å². The van der Waals surface area contributed by atoms with Crippen molar-refractivity contribution in [3.05, 3.63) is 0 Å². The number of nitrogens with one attached hydrogen (secondary N) is 7. The first kappa shape index (κ1) is 49.1. The number of hydrogen-bond donors (Lipinski definition) is 12. The van der Waals surface area contributed by atoms with Crippen LogP contribution in [0.2, 0.25) is 0 Å². The molecule has 0 aliphatic carbocycles. The molecule has 0 saturated heterocycles. The number of primary amides is 1. The molecule has 23 nitrogen and oxygen atoms in total. The Kier molecular flexibility index (Phi) is 21.8. The lowest BCUT2D eigenvalue weighted by Crippen LogP contribution is -2.60. The molecule has 0 heterocycles. The largest absolute Gasteiger partial charge is 0.481 e. The molecule has 0 bridgehead atoms. The van der Waals surface area contributed by atoms with Gasteiger partial charge in [-0.25, -0.2) is 0 Å². The Labute approximate surface area is 316 Å². The molecule has 310 valence electrons. The number of rotatable bonds is 26. The van der Waals surface area contributed by atoms with Gasteiger partial charge in [-0.05, 0) is 38.0 Å². The minimum Gasteiger partial charge on any atom is -0.481 e. The summed E-state index contributed by atoms with van der Waals surface area (Å²) >= 11 is 0. The predicted octanol–water partition coefficient (Wildman–Crippen LogP) is -4.62. The molecule has 0 aromatic rings. The van der Waals surface area contributed by atoms with Gasteiger partial charge in [0.05, 0.1) is 19.4 Å². The average molecular weight is 788 g/mol. The molecule has 14 N–H and O–H groups in total. The van der Waals surface area contributed by atoms with E-state index in [1.165, 1.54) is 6.92 Å². The van der Waals surface area contributed by atoms with E-state index in [1.807, 2.05) is 5.32 Å². The maximum absolute atomic E-state index is 13.5. The maximum Gasteiger partial charge on any atom is 0.322 e. The molecule has 0 radical (unpaired) electrons. The molecule has 0 unspecified atom stereocenters. The standard InChI is InChI=1S/C32H53N9O14/c1-14(2)8-18(30(53)36-16(5)27(50)38-20(10-24(44)45)28(51)35-13-26(48)49)40-32(55)21(11-25(46)47)41-31(54)19(9-15(3)4)39-29(52)17(6-7-22(34)42)37-23(43)12-33/h14-21H,6-13,33H2,1-5H3,(H2,34,42)(H,35,51)(H,36,53)(H,37,43)(H,38,50)(H,39,52)(H,40,55)(H,41,54)(H,44,45)(H,46,47)(H,48,49)/t16-,17-,18-,19-,20-,21-/m0/s1. The molecule has 0 saturated carbocycles. The fraction of sp³-hybridized carbons (Fsp3) is 0.656. The Morgan fingerprint density at radius 3 is 1.33 bits per heavy atom. The molecular weight excluding hydrogens is 734 g/mol. The normalized spacial score (nSPS) is 14.1. The van der Waals surface area contributed by atoms with Crippen molar-refractivity contribution in [2.24, 2.45) is 23.3 Å². The number of carboxylic acid groups (broad SMARTS) is 3. The van der Waals surface area contributed by atoms with Crippen molar-refractivity contribution in [1.29, 1.82) is 0 Å². The van der Waals surface area contributed by atoms with Crippen LogP contribution in [-0.2, 0) is 52.7 Å². The third kappa shape index (κ3) is 20.8.